The fourth-order valence-electron chi connectivity index (χ4n) is 4.62. The van der Waals surface area contributed by atoms with E-state index in [1.54, 1.807) is 44.2 Å². The second-order valence-electron chi connectivity index (χ2n) is 10.4. The highest BCUT2D eigenvalue weighted by Crippen LogP contribution is 2.26. The summed E-state index contributed by atoms with van der Waals surface area (Å²) in [6, 6.07) is 6.86. The molecule has 0 aliphatic rings. The first-order valence-electron chi connectivity index (χ1n) is 14.5. The highest BCUT2D eigenvalue weighted by Gasteiger charge is 2.17. The van der Waals surface area contributed by atoms with Gasteiger partial charge in [0, 0.05) is 16.8 Å². The van der Waals surface area contributed by atoms with Crippen molar-refractivity contribution in [3.63, 3.8) is 0 Å². The SMILES string of the molecule is C=C(C)C(=O)Nc1cc(CCC)c(C(=O)O)cc1CCC.CCCc1c(C=C(C)C(N)=O)ccc(C(=O)O)c1CCC. The van der Waals surface area contributed by atoms with Gasteiger partial charge in [0.2, 0.25) is 5.91 Å². The Morgan fingerprint density at radius 3 is 1.79 bits per heavy atom. The van der Waals surface area contributed by atoms with Gasteiger partial charge in [-0.2, -0.15) is 0 Å². The minimum atomic E-state index is -0.923. The molecule has 42 heavy (non-hydrogen) atoms. The van der Waals surface area contributed by atoms with Gasteiger partial charge in [0.25, 0.3) is 5.91 Å². The molecule has 2 aromatic carbocycles. The minimum absolute atomic E-state index is 0.238. The van der Waals surface area contributed by atoms with Crippen LogP contribution in [0.1, 0.15) is 116 Å². The molecule has 0 heterocycles. The minimum Gasteiger partial charge on any atom is -0.478 e. The zero-order valence-electron chi connectivity index (χ0n) is 25.9. The van der Waals surface area contributed by atoms with Gasteiger partial charge in [0.15, 0.2) is 0 Å². The summed E-state index contributed by atoms with van der Waals surface area (Å²) >= 11 is 0. The van der Waals surface area contributed by atoms with Crippen LogP contribution in [0.25, 0.3) is 6.08 Å². The van der Waals surface area contributed by atoms with Gasteiger partial charge in [-0.15, -0.1) is 0 Å². The van der Waals surface area contributed by atoms with Crippen LogP contribution in [0, 0.1) is 0 Å². The molecule has 0 saturated carbocycles. The standard InChI is InChI=1S/2C17H23NO3/c1-5-7-12-10-15(18-16(19)11(3)4)13(8-6-2)9-14(12)17(20)21;1-4-6-13-12(10-11(3)16(18)19)8-9-15(17(20)21)14(13)7-5-2/h9-10H,3,5-8H2,1-2,4H3,(H,18,19)(H,20,21);8-10H,4-7H2,1-3H3,(H2,18,19)(H,20,21). The first-order chi connectivity index (χ1) is 19.8. The van der Waals surface area contributed by atoms with E-state index in [1.807, 2.05) is 20.8 Å². The lowest BCUT2D eigenvalue weighted by molar-refractivity contribution is -0.114. The van der Waals surface area contributed by atoms with E-state index in [9.17, 15) is 29.4 Å². The van der Waals surface area contributed by atoms with Crippen LogP contribution in [0.3, 0.4) is 0 Å². The zero-order chi connectivity index (χ0) is 32.0. The zero-order valence-corrected chi connectivity index (χ0v) is 25.9. The van der Waals surface area contributed by atoms with E-state index in [-0.39, 0.29) is 5.91 Å². The fraction of sp³-hybridized carbons (Fsp3) is 0.412. The largest absolute Gasteiger partial charge is 0.478 e. The van der Waals surface area contributed by atoms with Gasteiger partial charge in [-0.25, -0.2) is 9.59 Å². The molecular formula is C34H46N2O6. The number of amides is 2. The van der Waals surface area contributed by atoms with Crippen molar-refractivity contribution in [3.8, 4) is 0 Å². The number of benzene rings is 2. The Morgan fingerprint density at radius 2 is 1.31 bits per heavy atom. The molecule has 228 valence electrons. The molecule has 2 amide bonds. The lowest BCUT2D eigenvalue weighted by Gasteiger charge is -2.15. The predicted molar refractivity (Wildman–Crippen MR) is 169 cm³/mol. The summed E-state index contributed by atoms with van der Waals surface area (Å²) in [5.74, 6) is -2.53. The maximum atomic E-state index is 11.8. The third kappa shape index (κ3) is 10.3. The lowest BCUT2D eigenvalue weighted by Crippen LogP contribution is -2.15. The Morgan fingerprint density at radius 1 is 0.786 bits per heavy atom. The Kier molecular flexibility index (Phi) is 15.0. The van der Waals surface area contributed by atoms with Gasteiger partial charge in [-0.3, -0.25) is 9.59 Å². The summed E-state index contributed by atoms with van der Waals surface area (Å²) in [7, 11) is 0. The van der Waals surface area contributed by atoms with Crippen molar-refractivity contribution in [2.24, 2.45) is 5.73 Å². The lowest BCUT2D eigenvalue weighted by atomic mass is 9.89. The highest BCUT2D eigenvalue weighted by atomic mass is 16.4. The molecule has 0 fully saturated rings. The first-order valence-corrected chi connectivity index (χ1v) is 14.5. The number of carbonyl (C=O) groups is 4. The summed E-state index contributed by atoms with van der Waals surface area (Å²) in [5, 5.41) is 21.5. The molecule has 0 aliphatic heterocycles. The molecule has 8 heteroatoms. The molecule has 0 aliphatic carbocycles. The number of nitrogens with one attached hydrogen (secondary N) is 1. The second-order valence-corrected chi connectivity index (χ2v) is 10.4. The van der Waals surface area contributed by atoms with Crippen LogP contribution in [0.5, 0.6) is 0 Å². The molecular weight excluding hydrogens is 532 g/mol. The van der Waals surface area contributed by atoms with Gasteiger partial charge >= 0.3 is 11.9 Å². The molecule has 2 rings (SSSR count). The van der Waals surface area contributed by atoms with E-state index in [1.165, 1.54) is 0 Å². The monoisotopic (exact) mass is 578 g/mol. The van der Waals surface area contributed by atoms with Crippen molar-refractivity contribution < 1.29 is 29.4 Å². The number of rotatable bonds is 14. The van der Waals surface area contributed by atoms with Crippen molar-refractivity contribution in [2.45, 2.75) is 92.9 Å². The molecule has 5 N–H and O–H groups in total. The Hall–Kier alpha value is -4.20. The van der Waals surface area contributed by atoms with Crippen LogP contribution in [-0.4, -0.2) is 34.0 Å². The summed E-state index contributed by atoms with van der Waals surface area (Å²) in [6.45, 7) is 15.0. The van der Waals surface area contributed by atoms with Crippen molar-refractivity contribution in [2.75, 3.05) is 5.32 Å². The number of primary amides is 1. The summed E-state index contributed by atoms with van der Waals surface area (Å²) < 4.78 is 0. The number of aromatic carboxylic acids is 2. The van der Waals surface area contributed by atoms with E-state index < -0.39 is 17.8 Å². The molecule has 0 bridgehead atoms. The van der Waals surface area contributed by atoms with Gasteiger partial charge in [0.1, 0.15) is 0 Å². The van der Waals surface area contributed by atoms with E-state index in [0.29, 0.717) is 40.8 Å². The van der Waals surface area contributed by atoms with Gasteiger partial charge in [-0.1, -0.05) is 66.0 Å². The van der Waals surface area contributed by atoms with Gasteiger partial charge in [-0.05, 0) is 91.6 Å². The smallest absolute Gasteiger partial charge is 0.335 e. The normalized spacial score (nSPS) is 10.9. The molecule has 0 aromatic heterocycles. The molecule has 0 radical (unpaired) electrons. The quantitative estimate of drug-likeness (QED) is 0.178. The van der Waals surface area contributed by atoms with Crippen molar-refractivity contribution in [3.05, 3.63) is 80.9 Å². The number of nitrogens with two attached hydrogens (primary N) is 1. The molecule has 0 atom stereocenters. The number of aryl methyl sites for hydroxylation is 2. The fourth-order valence-corrected chi connectivity index (χ4v) is 4.62. The van der Waals surface area contributed by atoms with E-state index in [2.05, 4.69) is 18.8 Å². The number of carboxylic acid groups (broad SMARTS) is 2. The maximum Gasteiger partial charge on any atom is 0.335 e. The summed E-state index contributed by atoms with van der Waals surface area (Å²) in [4.78, 5) is 45.8. The molecule has 8 nitrogen and oxygen atoms in total. The van der Waals surface area contributed by atoms with Crippen LogP contribution in [0.4, 0.5) is 5.69 Å². The second kappa shape index (κ2) is 17.6. The van der Waals surface area contributed by atoms with Crippen molar-refractivity contribution in [1.29, 1.82) is 0 Å². The van der Waals surface area contributed by atoms with Crippen molar-refractivity contribution in [1.82, 2.24) is 0 Å². The van der Waals surface area contributed by atoms with E-state index in [4.69, 9.17) is 5.73 Å². The highest BCUT2D eigenvalue weighted by molar-refractivity contribution is 6.04. The van der Waals surface area contributed by atoms with Crippen LogP contribution >= 0.6 is 0 Å². The number of anilines is 1. The average molecular weight is 579 g/mol. The first kappa shape index (κ1) is 35.8. The predicted octanol–water partition coefficient (Wildman–Crippen LogP) is 6.98. The topological polar surface area (TPSA) is 147 Å². The van der Waals surface area contributed by atoms with Crippen LogP contribution in [-0.2, 0) is 35.3 Å². The number of carbonyl (C=O) groups excluding carboxylic acids is 2. The van der Waals surface area contributed by atoms with Gasteiger partial charge in [0.05, 0.1) is 11.1 Å². The summed E-state index contributed by atoms with van der Waals surface area (Å²) in [5.41, 5.74) is 11.9. The Bertz CT molecular complexity index is 1340. The number of hydrogen-bond acceptors (Lipinski definition) is 4. The number of carboxylic acids is 2. The average Bonchev–Trinajstić information content (AvgIpc) is 2.92. The van der Waals surface area contributed by atoms with Crippen LogP contribution in [0.15, 0.2) is 42.0 Å². The van der Waals surface area contributed by atoms with Crippen molar-refractivity contribution >= 4 is 35.5 Å². The third-order valence-corrected chi connectivity index (χ3v) is 6.69. The molecule has 0 unspecified atom stereocenters. The third-order valence-electron chi connectivity index (χ3n) is 6.69. The van der Waals surface area contributed by atoms with E-state index >= 15 is 0 Å². The molecule has 0 spiro atoms. The van der Waals surface area contributed by atoms with Crippen LogP contribution < -0.4 is 11.1 Å². The molecule has 2 aromatic rings. The van der Waals surface area contributed by atoms with Gasteiger partial charge < -0.3 is 21.3 Å². The maximum absolute atomic E-state index is 11.8. The summed E-state index contributed by atoms with van der Waals surface area (Å²) in [6.07, 6.45) is 8.15. The molecule has 0 saturated heterocycles. The van der Waals surface area contributed by atoms with Crippen LogP contribution in [0.2, 0.25) is 0 Å². The Labute approximate surface area is 249 Å². The number of hydrogen-bond donors (Lipinski definition) is 4. The Balaban J connectivity index is 0.000000420. The van der Waals surface area contributed by atoms with E-state index in [0.717, 1.165) is 66.3 Å².